The van der Waals surface area contributed by atoms with Crippen molar-refractivity contribution in [2.75, 3.05) is 5.32 Å². The molecular formula is C15H14FN3O2. The fraction of sp³-hybridized carbons (Fsp3) is 0.0667. The third kappa shape index (κ3) is 4.12. The first-order chi connectivity index (χ1) is 10.1. The van der Waals surface area contributed by atoms with E-state index >= 15 is 0 Å². The topological polar surface area (TPSA) is 84.2 Å². The first-order valence-electron chi connectivity index (χ1n) is 6.24. The van der Waals surface area contributed by atoms with E-state index in [9.17, 15) is 14.0 Å². The van der Waals surface area contributed by atoms with Gasteiger partial charge in [0.25, 0.3) is 5.91 Å². The molecule has 0 aliphatic heterocycles. The van der Waals surface area contributed by atoms with Crippen molar-refractivity contribution >= 4 is 17.5 Å². The summed E-state index contributed by atoms with van der Waals surface area (Å²) in [5.74, 6) is 3.99. The summed E-state index contributed by atoms with van der Waals surface area (Å²) in [6, 6.07) is 12.1. The number of hydrogen-bond acceptors (Lipinski definition) is 3. The van der Waals surface area contributed by atoms with Gasteiger partial charge in [0.1, 0.15) is 5.82 Å². The van der Waals surface area contributed by atoms with Crippen molar-refractivity contribution in [3.05, 3.63) is 65.5 Å². The number of anilines is 1. The fourth-order valence-electron chi connectivity index (χ4n) is 1.75. The number of hydrogen-bond donors (Lipinski definition) is 3. The molecule has 0 heterocycles. The van der Waals surface area contributed by atoms with Crippen LogP contribution in [0.2, 0.25) is 0 Å². The van der Waals surface area contributed by atoms with Crippen LogP contribution in [0.3, 0.4) is 0 Å². The zero-order chi connectivity index (χ0) is 15.2. The molecule has 108 valence electrons. The predicted octanol–water partition coefficient (Wildman–Crippen LogP) is 1.61. The van der Waals surface area contributed by atoms with Crippen LogP contribution in [-0.4, -0.2) is 11.8 Å². The largest absolute Gasteiger partial charge is 0.322 e. The van der Waals surface area contributed by atoms with Gasteiger partial charge in [-0.3, -0.25) is 15.0 Å². The molecule has 0 aliphatic carbocycles. The summed E-state index contributed by atoms with van der Waals surface area (Å²) in [5, 5.41) is 2.69. The second-order valence-corrected chi connectivity index (χ2v) is 4.40. The Kier molecular flexibility index (Phi) is 4.63. The van der Waals surface area contributed by atoms with Gasteiger partial charge < -0.3 is 5.32 Å². The van der Waals surface area contributed by atoms with Crippen LogP contribution in [0.25, 0.3) is 0 Å². The van der Waals surface area contributed by atoms with Gasteiger partial charge in [0, 0.05) is 11.3 Å². The Balaban J connectivity index is 2.01. The van der Waals surface area contributed by atoms with E-state index in [0.717, 1.165) is 5.56 Å². The lowest BCUT2D eigenvalue weighted by atomic mass is 10.1. The lowest BCUT2D eigenvalue weighted by Gasteiger charge is -2.06. The molecule has 6 heteroatoms. The molecule has 0 atom stereocenters. The lowest BCUT2D eigenvalue weighted by Crippen LogP contribution is -2.31. The van der Waals surface area contributed by atoms with E-state index in [2.05, 4.69) is 5.32 Å². The van der Waals surface area contributed by atoms with Gasteiger partial charge in [0.05, 0.1) is 6.42 Å². The number of halogens is 1. The number of carbonyl (C=O) groups is 2. The second kappa shape index (κ2) is 6.62. The molecule has 2 aromatic carbocycles. The molecule has 0 bridgehead atoms. The SMILES string of the molecule is NNC(=O)Cc1ccc(NC(=O)c2ccc(F)cc2)cc1. The molecule has 0 unspecified atom stereocenters. The molecule has 0 aliphatic rings. The van der Waals surface area contributed by atoms with Gasteiger partial charge in [-0.15, -0.1) is 0 Å². The van der Waals surface area contributed by atoms with Gasteiger partial charge in [-0.25, -0.2) is 10.2 Å². The number of nitrogens with one attached hydrogen (secondary N) is 2. The van der Waals surface area contributed by atoms with Crippen molar-refractivity contribution in [3.63, 3.8) is 0 Å². The average Bonchev–Trinajstić information content (AvgIpc) is 2.49. The van der Waals surface area contributed by atoms with Crippen LogP contribution in [0.4, 0.5) is 10.1 Å². The van der Waals surface area contributed by atoms with Gasteiger partial charge in [-0.1, -0.05) is 12.1 Å². The highest BCUT2D eigenvalue weighted by Crippen LogP contribution is 2.12. The molecule has 5 nitrogen and oxygen atoms in total. The maximum atomic E-state index is 12.8. The van der Waals surface area contributed by atoms with Crippen molar-refractivity contribution in [2.24, 2.45) is 5.84 Å². The first kappa shape index (κ1) is 14.7. The summed E-state index contributed by atoms with van der Waals surface area (Å²) in [7, 11) is 0. The third-order valence-electron chi connectivity index (χ3n) is 2.84. The van der Waals surface area contributed by atoms with E-state index in [1.165, 1.54) is 24.3 Å². The fourth-order valence-corrected chi connectivity index (χ4v) is 1.75. The molecule has 21 heavy (non-hydrogen) atoms. The summed E-state index contributed by atoms with van der Waals surface area (Å²) in [5.41, 5.74) is 3.77. The highest BCUT2D eigenvalue weighted by Gasteiger charge is 2.06. The van der Waals surface area contributed by atoms with Crippen molar-refractivity contribution in [1.82, 2.24) is 5.43 Å². The summed E-state index contributed by atoms with van der Waals surface area (Å²) in [6.07, 6.45) is 0.169. The Hall–Kier alpha value is -2.73. The Bertz CT molecular complexity index is 639. The number of amides is 2. The maximum Gasteiger partial charge on any atom is 0.255 e. The number of rotatable bonds is 4. The summed E-state index contributed by atoms with van der Waals surface area (Å²) in [6.45, 7) is 0. The minimum atomic E-state index is -0.394. The summed E-state index contributed by atoms with van der Waals surface area (Å²) >= 11 is 0. The highest BCUT2D eigenvalue weighted by atomic mass is 19.1. The van der Waals surface area contributed by atoms with Gasteiger partial charge in [0.15, 0.2) is 0 Å². The number of hydrazine groups is 1. The van der Waals surface area contributed by atoms with Crippen LogP contribution in [0.5, 0.6) is 0 Å². The van der Waals surface area contributed by atoms with Crippen molar-refractivity contribution in [2.45, 2.75) is 6.42 Å². The van der Waals surface area contributed by atoms with Crippen LogP contribution in [-0.2, 0) is 11.2 Å². The predicted molar refractivity (Wildman–Crippen MR) is 76.8 cm³/mol. The molecule has 0 radical (unpaired) electrons. The average molecular weight is 287 g/mol. The number of nitrogens with two attached hydrogens (primary N) is 1. The van der Waals surface area contributed by atoms with Crippen molar-refractivity contribution < 1.29 is 14.0 Å². The smallest absolute Gasteiger partial charge is 0.255 e. The summed E-state index contributed by atoms with van der Waals surface area (Å²) in [4.78, 5) is 23.0. The zero-order valence-electron chi connectivity index (χ0n) is 11.1. The van der Waals surface area contributed by atoms with Crippen molar-refractivity contribution in [1.29, 1.82) is 0 Å². The number of carbonyl (C=O) groups excluding carboxylic acids is 2. The first-order valence-corrected chi connectivity index (χ1v) is 6.24. The standard InChI is InChI=1S/C15H14FN3O2/c16-12-5-3-11(4-6-12)15(21)18-13-7-1-10(2-8-13)9-14(20)19-17/h1-8H,9,17H2,(H,18,21)(H,19,20). The van der Waals surface area contributed by atoms with Gasteiger partial charge in [-0.2, -0.15) is 0 Å². The van der Waals surface area contributed by atoms with E-state index in [-0.39, 0.29) is 18.2 Å². The zero-order valence-corrected chi connectivity index (χ0v) is 11.1. The molecule has 4 N–H and O–H groups in total. The van der Waals surface area contributed by atoms with Crippen LogP contribution in [0.15, 0.2) is 48.5 Å². The molecule has 2 rings (SSSR count). The molecular weight excluding hydrogens is 273 g/mol. The molecule has 2 amide bonds. The Morgan fingerprint density at radius 2 is 1.62 bits per heavy atom. The second-order valence-electron chi connectivity index (χ2n) is 4.40. The minimum absolute atomic E-state index is 0.169. The van der Waals surface area contributed by atoms with Crippen LogP contribution in [0, 0.1) is 5.82 Å². The molecule has 2 aromatic rings. The van der Waals surface area contributed by atoms with E-state index in [4.69, 9.17) is 5.84 Å². The van der Waals surface area contributed by atoms with E-state index in [1.807, 2.05) is 5.43 Å². The molecule has 0 spiro atoms. The number of benzene rings is 2. The van der Waals surface area contributed by atoms with Crippen LogP contribution < -0.4 is 16.6 Å². The Morgan fingerprint density at radius 1 is 1.00 bits per heavy atom. The quantitative estimate of drug-likeness (QED) is 0.454. The van der Waals surface area contributed by atoms with Gasteiger partial charge >= 0.3 is 0 Å². The molecule has 0 saturated carbocycles. The Morgan fingerprint density at radius 3 is 2.19 bits per heavy atom. The highest BCUT2D eigenvalue weighted by molar-refractivity contribution is 6.04. The minimum Gasteiger partial charge on any atom is -0.322 e. The monoisotopic (exact) mass is 287 g/mol. The summed E-state index contributed by atoms with van der Waals surface area (Å²) < 4.78 is 12.8. The van der Waals surface area contributed by atoms with Crippen molar-refractivity contribution in [3.8, 4) is 0 Å². The van der Waals surface area contributed by atoms with E-state index in [0.29, 0.717) is 11.3 Å². The third-order valence-corrected chi connectivity index (χ3v) is 2.84. The normalized spacial score (nSPS) is 10.0. The van der Waals surface area contributed by atoms with E-state index in [1.54, 1.807) is 24.3 Å². The Labute approximate surface area is 120 Å². The molecule has 0 saturated heterocycles. The van der Waals surface area contributed by atoms with Gasteiger partial charge in [-0.05, 0) is 42.0 Å². The van der Waals surface area contributed by atoms with Crippen LogP contribution in [0.1, 0.15) is 15.9 Å². The molecule has 0 fully saturated rings. The van der Waals surface area contributed by atoms with Gasteiger partial charge in [0.2, 0.25) is 5.91 Å². The van der Waals surface area contributed by atoms with E-state index < -0.39 is 5.82 Å². The molecule has 0 aromatic heterocycles. The van der Waals surface area contributed by atoms with Crippen LogP contribution >= 0.6 is 0 Å². The lowest BCUT2D eigenvalue weighted by molar-refractivity contribution is -0.120. The maximum absolute atomic E-state index is 12.8.